The van der Waals surface area contributed by atoms with Gasteiger partial charge in [0.25, 0.3) is 0 Å². The monoisotopic (exact) mass is 418 g/mol. The zero-order chi connectivity index (χ0) is 18.7. The summed E-state index contributed by atoms with van der Waals surface area (Å²) in [6, 6.07) is 7.00. The topological polar surface area (TPSA) is 0 Å². The first-order valence-corrected chi connectivity index (χ1v) is 13.5. The van der Waals surface area contributed by atoms with Crippen LogP contribution in [0.15, 0.2) is 29.0 Å². The number of fused-ring (bicyclic) bond motifs is 1. The Morgan fingerprint density at radius 2 is 1.30 bits per heavy atom. The van der Waals surface area contributed by atoms with Gasteiger partial charge >= 0.3 is 0 Å². The van der Waals surface area contributed by atoms with Crippen molar-refractivity contribution < 1.29 is 0 Å². The molecular formula is C24H34S3. The van der Waals surface area contributed by atoms with Crippen molar-refractivity contribution in [3.8, 4) is 9.75 Å². The Morgan fingerprint density at radius 3 is 1.96 bits per heavy atom. The molecule has 0 aromatic carbocycles. The Bertz CT molecular complexity index is 733. The molecule has 0 unspecified atom stereocenters. The Balaban J connectivity index is 1.27. The molecule has 0 nitrogen and oxygen atoms in total. The van der Waals surface area contributed by atoms with Crippen LogP contribution in [0.2, 0.25) is 0 Å². The van der Waals surface area contributed by atoms with Crippen LogP contribution in [-0.4, -0.2) is 0 Å². The molecule has 0 aliphatic heterocycles. The van der Waals surface area contributed by atoms with Gasteiger partial charge in [-0.3, -0.25) is 0 Å². The Morgan fingerprint density at radius 1 is 0.667 bits per heavy atom. The minimum absolute atomic E-state index is 1.25. The van der Waals surface area contributed by atoms with Crippen LogP contribution in [-0.2, 0) is 6.42 Å². The molecule has 0 amide bonds. The lowest BCUT2D eigenvalue weighted by Crippen LogP contribution is -1.86. The standard InChI is InChI=1S/C24H34S3/c1-2-3-4-5-6-7-8-9-10-11-12-13-14-20-15-17-26-24(20)23-19-22-21(27-23)16-18-25-22/h15-19H,2-14H2,1H3. The van der Waals surface area contributed by atoms with Crippen molar-refractivity contribution in [3.05, 3.63) is 34.5 Å². The van der Waals surface area contributed by atoms with Gasteiger partial charge in [0.05, 0.1) is 0 Å². The third kappa shape index (κ3) is 6.73. The van der Waals surface area contributed by atoms with Gasteiger partial charge in [0, 0.05) is 19.2 Å². The molecule has 148 valence electrons. The highest BCUT2D eigenvalue weighted by atomic mass is 32.1. The maximum atomic E-state index is 2.39. The smallest absolute Gasteiger partial charge is 0.0475 e. The molecule has 0 spiro atoms. The van der Waals surface area contributed by atoms with Gasteiger partial charge in [0.2, 0.25) is 0 Å². The second-order valence-corrected chi connectivity index (χ2v) is 10.6. The molecule has 0 aliphatic rings. The summed E-state index contributed by atoms with van der Waals surface area (Å²) >= 11 is 5.74. The zero-order valence-corrected chi connectivity index (χ0v) is 19.3. The fourth-order valence-electron chi connectivity index (χ4n) is 3.78. The van der Waals surface area contributed by atoms with Crippen molar-refractivity contribution in [2.45, 2.75) is 90.4 Å². The second kappa shape index (κ2) is 12.0. The summed E-state index contributed by atoms with van der Waals surface area (Å²) in [6.07, 6.45) is 18.4. The molecule has 0 N–H and O–H groups in total. The van der Waals surface area contributed by atoms with Crippen LogP contribution in [0.25, 0.3) is 19.2 Å². The third-order valence-corrected chi connectivity index (χ3v) is 8.64. The molecule has 3 heteroatoms. The first-order valence-electron chi connectivity index (χ1n) is 10.9. The summed E-state index contributed by atoms with van der Waals surface area (Å²) in [5.74, 6) is 0. The molecule has 3 aromatic rings. The molecule has 0 saturated carbocycles. The van der Waals surface area contributed by atoms with Crippen LogP contribution >= 0.6 is 34.0 Å². The van der Waals surface area contributed by atoms with Gasteiger partial charge in [-0.1, -0.05) is 77.6 Å². The minimum atomic E-state index is 1.25. The van der Waals surface area contributed by atoms with E-state index in [0.717, 1.165) is 0 Å². The Hall–Kier alpha value is -0.640. The second-order valence-electron chi connectivity index (χ2n) is 7.67. The highest BCUT2D eigenvalue weighted by Crippen LogP contribution is 2.40. The van der Waals surface area contributed by atoms with Crippen molar-refractivity contribution in [2.75, 3.05) is 0 Å². The normalized spacial score (nSPS) is 11.6. The predicted molar refractivity (Wildman–Crippen MR) is 128 cm³/mol. The fraction of sp³-hybridized carbons (Fsp3) is 0.583. The molecule has 3 rings (SSSR count). The van der Waals surface area contributed by atoms with E-state index < -0.39 is 0 Å². The number of thiophene rings is 3. The van der Waals surface area contributed by atoms with Gasteiger partial charge in [-0.25, -0.2) is 0 Å². The van der Waals surface area contributed by atoms with E-state index in [0.29, 0.717) is 0 Å². The first kappa shape index (κ1) is 21.1. The van der Waals surface area contributed by atoms with E-state index in [2.05, 4.69) is 35.9 Å². The Labute approximate surface area is 177 Å². The SMILES string of the molecule is CCCCCCCCCCCCCCc1ccsc1-c1cc2sccc2s1. The number of hydrogen-bond acceptors (Lipinski definition) is 3. The van der Waals surface area contributed by atoms with E-state index in [4.69, 9.17) is 0 Å². The van der Waals surface area contributed by atoms with E-state index in [1.54, 1.807) is 5.56 Å². The molecule has 0 radical (unpaired) electrons. The van der Waals surface area contributed by atoms with Gasteiger partial charge in [0.15, 0.2) is 0 Å². The number of aryl methyl sites for hydroxylation is 1. The maximum Gasteiger partial charge on any atom is 0.0475 e. The third-order valence-electron chi connectivity index (χ3n) is 5.41. The fourth-order valence-corrected chi connectivity index (χ4v) is 7.00. The number of rotatable bonds is 14. The van der Waals surface area contributed by atoms with Gasteiger partial charge in [-0.2, -0.15) is 0 Å². The summed E-state index contributed by atoms with van der Waals surface area (Å²) < 4.78 is 2.89. The summed E-state index contributed by atoms with van der Waals surface area (Å²) in [7, 11) is 0. The first-order chi connectivity index (χ1) is 13.4. The highest BCUT2D eigenvalue weighted by molar-refractivity contribution is 7.30. The van der Waals surface area contributed by atoms with Crippen LogP contribution in [0.1, 0.15) is 89.5 Å². The molecule has 0 bridgehead atoms. The lowest BCUT2D eigenvalue weighted by atomic mass is 10.0. The van der Waals surface area contributed by atoms with E-state index in [1.807, 2.05) is 34.0 Å². The predicted octanol–water partition coefficient (Wildman–Crippen LogP) is 9.93. The summed E-state index contributed by atoms with van der Waals surface area (Å²) in [6.45, 7) is 2.30. The summed E-state index contributed by atoms with van der Waals surface area (Å²) in [5, 5.41) is 4.48. The van der Waals surface area contributed by atoms with Gasteiger partial charge < -0.3 is 0 Å². The van der Waals surface area contributed by atoms with Crippen LogP contribution in [0, 0.1) is 0 Å². The van der Waals surface area contributed by atoms with Gasteiger partial charge in [-0.15, -0.1) is 34.0 Å². The molecule has 0 fully saturated rings. The summed E-state index contributed by atoms with van der Waals surface area (Å²) in [4.78, 5) is 2.99. The van der Waals surface area contributed by atoms with Crippen molar-refractivity contribution in [3.63, 3.8) is 0 Å². The van der Waals surface area contributed by atoms with Gasteiger partial charge in [0.1, 0.15) is 0 Å². The largest absolute Gasteiger partial charge is 0.143 e. The molecule has 3 heterocycles. The van der Waals surface area contributed by atoms with E-state index in [-0.39, 0.29) is 0 Å². The maximum absolute atomic E-state index is 2.39. The molecule has 0 saturated heterocycles. The highest BCUT2D eigenvalue weighted by Gasteiger charge is 2.11. The van der Waals surface area contributed by atoms with Crippen molar-refractivity contribution >= 4 is 43.4 Å². The number of unbranched alkanes of at least 4 members (excludes halogenated alkanes) is 11. The zero-order valence-electron chi connectivity index (χ0n) is 16.8. The lowest BCUT2D eigenvalue weighted by Gasteiger charge is -2.04. The van der Waals surface area contributed by atoms with Crippen LogP contribution < -0.4 is 0 Å². The van der Waals surface area contributed by atoms with E-state index >= 15 is 0 Å². The molecule has 0 atom stereocenters. The van der Waals surface area contributed by atoms with Crippen molar-refractivity contribution in [2.24, 2.45) is 0 Å². The summed E-state index contributed by atoms with van der Waals surface area (Å²) in [5.41, 5.74) is 1.57. The average molecular weight is 419 g/mol. The van der Waals surface area contributed by atoms with Crippen LogP contribution in [0.3, 0.4) is 0 Å². The van der Waals surface area contributed by atoms with Crippen molar-refractivity contribution in [1.29, 1.82) is 0 Å². The Kier molecular flexibility index (Phi) is 9.40. The average Bonchev–Trinajstić information content (AvgIpc) is 3.38. The van der Waals surface area contributed by atoms with Crippen LogP contribution in [0.5, 0.6) is 0 Å². The molecule has 0 aliphatic carbocycles. The van der Waals surface area contributed by atoms with Crippen LogP contribution in [0.4, 0.5) is 0 Å². The molecule has 27 heavy (non-hydrogen) atoms. The lowest BCUT2D eigenvalue weighted by molar-refractivity contribution is 0.544. The quantitative estimate of drug-likeness (QED) is 0.228. The number of hydrogen-bond donors (Lipinski definition) is 0. The molecule has 3 aromatic heterocycles. The van der Waals surface area contributed by atoms with E-state index in [1.165, 1.54) is 103 Å². The van der Waals surface area contributed by atoms with Crippen molar-refractivity contribution in [1.82, 2.24) is 0 Å². The van der Waals surface area contributed by atoms with Gasteiger partial charge in [-0.05, 0) is 47.4 Å². The molecular weight excluding hydrogens is 384 g/mol. The minimum Gasteiger partial charge on any atom is -0.143 e. The van der Waals surface area contributed by atoms with E-state index in [9.17, 15) is 0 Å².